The molecular formula is C37H40N6O7S. The fraction of sp³-hybridized carbons (Fsp3) is 0.378. The lowest BCUT2D eigenvalue weighted by Gasteiger charge is -2.41. The molecule has 1 N–H and O–H groups in total. The molecule has 1 unspecified atom stereocenters. The van der Waals surface area contributed by atoms with Crippen LogP contribution in [0, 0.1) is 11.3 Å². The number of oxazole rings is 1. The molecular weight excluding hydrogens is 673 g/mol. The largest absolute Gasteiger partial charge is 0.497 e. The quantitative estimate of drug-likeness (QED) is 0.256. The molecule has 14 heteroatoms. The smallest absolute Gasteiger partial charge is 0.271 e. The lowest BCUT2D eigenvalue weighted by molar-refractivity contribution is -0.127. The summed E-state index contributed by atoms with van der Waals surface area (Å²) in [6, 6.07) is 17.4. The maximum Gasteiger partial charge on any atom is 0.271 e. The zero-order valence-corrected chi connectivity index (χ0v) is 29.5. The van der Waals surface area contributed by atoms with Gasteiger partial charge in [0.15, 0.2) is 5.54 Å². The van der Waals surface area contributed by atoms with Gasteiger partial charge in [-0.1, -0.05) is 19.1 Å². The summed E-state index contributed by atoms with van der Waals surface area (Å²) in [4.78, 5) is 26.3. The molecule has 3 aromatic carbocycles. The van der Waals surface area contributed by atoms with E-state index in [-0.39, 0.29) is 40.6 Å². The van der Waals surface area contributed by atoms with Crippen molar-refractivity contribution in [2.24, 2.45) is 0 Å². The molecule has 0 aliphatic carbocycles. The summed E-state index contributed by atoms with van der Waals surface area (Å²) < 4.78 is 47.1. The first-order chi connectivity index (χ1) is 24.6. The number of rotatable bonds is 10. The number of carbonyl (C=O) groups is 1. The normalized spacial score (nSPS) is 23.0. The van der Waals surface area contributed by atoms with Gasteiger partial charge < -0.3 is 23.9 Å². The molecule has 3 aliphatic rings. The summed E-state index contributed by atoms with van der Waals surface area (Å²) in [6.45, 7) is 7.55. The van der Waals surface area contributed by atoms with E-state index in [0.717, 1.165) is 42.6 Å². The minimum atomic E-state index is -4.53. The Balaban J connectivity index is 1.44. The molecule has 0 saturated carbocycles. The van der Waals surface area contributed by atoms with Gasteiger partial charge in [-0.05, 0) is 67.1 Å². The number of hydrogen-bond donors (Lipinski definition) is 1. The number of aliphatic hydroxyl groups is 1. The lowest BCUT2D eigenvalue weighted by Crippen LogP contribution is -2.55. The number of aliphatic hydroxyl groups excluding tert-OH is 1. The molecule has 3 atom stereocenters. The highest BCUT2D eigenvalue weighted by Crippen LogP contribution is 2.56. The molecule has 3 aliphatic heterocycles. The molecule has 2 saturated heterocycles. The Hall–Kier alpha value is -4.78. The second-order valence-corrected chi connectivity index (χ2v) is 14.8. The van der Waals surface area contributed by atoms with Crippen LogP contribution in [0.25, 0.3) is 0 Å². The van der Waals surface area contributed by atoms with Crippen molar-refractivity contribution in [1.82, 2.24) is 19.7 Å². The Bertz CT molecular complexity index is 2060. The summed E-state index contributed by atoms with van der Waals surface area (Å²) >= 11 is 0. The predicted molar refractivity (Wildman–Crippen MR) is 187 cm³/mol. The number of benzene rings is 3. The number of β-amino-alcohol motifs (C(OH)–C–C–N with tert-alkyl or cyclic N) is 1. The lowest BCUT2D eigenvalue weighted by atomic mass is 9.80. The third-order valence-corrected chi connectivity index (χ3v) is 12.0. The molecule has 1 aromatic heterocycles. The standard InChI is InChI=1S/C37H40N6O7S/c1-4-40-14-16-41(17-15-40)23-26-5-11-30(34(20-26)49-3)37(42-24-27(44)21-33(42)35-39-13-18-50-35)31-19-25(22-38)6-12-32(31)43(36(37)45)51(46,47)29-9-7-28(48-2)8-10-29/h5-13,18-20,27,33,44H,4,14-17,21,23-24H2,1-3H3/t27-,33+,37?/m1/s1. The Morgan fingerprint density at radius 3 is 2.39 bits per heavy atom. The highest BCUT2D eigenvalue weighted by atomic mass is 32.2. The molecule has 7 rings (SSSR count). The zero-order valence-electron chi connectivity index (χ0n) is 28.7. The average molecular weight is 713 g/mol. The average Bonchev–Trinajstić information content (AvgIpc) is 3.88. The summed E-state index contributed by atoms with van der Waals surface area (Å²) in [7, 11) is -1.54. The molecule has 0 spiro atoms. The monoisotopic (exact) mass is 712 g/mol. The number of aromatic nitrogens is 1. The van der Waals surface area contributed by atoms with Gasteiger partial charge in [0.05, 0.1) is 54.8 Å². The number of fused-ring (bicyclic) bond motifs is 1. The number of amides is 1. The fourth-order valence-electron chi connectivity index (χ4n) is 7.70. The minimum Gasteiger partial charge on any atom is -0.497 e. The van der Waals surface area contributed by atoms with Crippen molar-refractivity contribution in [3.8, 4) is 17.6 Å². The Morgan fingerprint density at radius 2 is 1.75 bits per heavy atom. The van der Waals surface area contributed by atoms with Gasteiger partial charge >= 0.3 is 0 Å². The SMILES string of the molecule is CCN1CCN(Cc2ccc(C3(N4C[C@H](O)C[C@H]4c4ncco4)C(=O)N(S(=O)(=O)c4ccc(OC)cc4)c4ccc(C#N)cc43)c(OC)c2)CC1. The van der Waals surface area contributed by atoms with Gasteiger partial charge in [-0.25, -0.2) is 17.7 Å². The number of sulfonamides is 1. The van der Waals surface area contributed by atoms with Crippen molar-refractivity contribution >= 4 is 21.6 Å². The first-order valence-electron chi connectivity index (χ1n) is 16.9. The molecule has 51 heavy (non-hydrogen) atoms. The maximum atomic E-state index is 15.6. The van der Waals surface area contributed by atoms with Crippen LogP contribution in [-0.4, -0.2) is 98.7 Å². The number of likely N-dealkylation sites (N-methyl/N-ethyl adjacent to an activating group) is 1. The van der Waals surface area contributed by atoms with E-state index in [4.69, 9.17) is 13.9 Å². The number of nitriles is 1. The van der Waals surface area contributed by atoms with Gasteiger partial charge in [0.2, 0.25) is 5.89 Å². The van der Waals surface area contributed by atoms with Crippen molar-refractivity contribution in [1.29, 1.82) is 5.26 Å². The van der Waals surface area contributed by atoms with Crippen LogP contribution in [-0.2, 0) is 26.9 Å². The third-order valence-electron chi connectivity index (χ3n) is 10.2. The number of piperazine rings is 1. The zero-order chi connectivity index (χ0) is 35.9. The number of likely N-dealkylation sites (tertiary alicyclic amines) is 1. The number of methoxy groups -OCH3 is 2. The van der Waals surface area contributed by atoms with Crippen molar-refractivity contribution in [2.75, 3.05) is 57.8 Å². The number of carbonyl (C=O) groups excluding carboxylic acids is 1. The van der Waals surface area contributed by atoms with E-state index in [2.05, 4.69) is 27.8 Å². The Labute approximate surface area is 297 Å². The van der Waals surface area contributed by atoms with Crippen LogP contribution in [0.5, 0.6) is 11.5 Å². The Kier molecular flexibility index (Phi) is 9.34. The molecule has 0 radical (unpaired) electrons. The van der Waals surface area contributed by atoms with Crippen molar-refractivity contribution in [2.45, 2.75) is 42.5 Å². The summed E-state index contributed by atoms with van der Waals surface area (Å²) in [6.07, 6.45) is 2.16. The maximum absolute atomic E-state index is 15.6. The van der Waals surface area contributed by atoms with Gasteiger partial charge in [-0.15, -0.1) is 0 Å². The first kappa shape index (κ1) is 34.7. The number of ether oxygens (including phenoxy) is 2. The highest BCUT2D eigenvalue weighted by molar-refractivity contribution is 7.93. The van der Waals surface area contributed by atoms with Gasteiger partial charge in [-0.3, -0.25) is 14.6 Å². The van der Waals surface area contributed by atoms with E-state index >= 15 is 4.79 Å². The van der Waals surface area contributed by atoms with E-state index < -0.39 is 33.6 Å². The topological polar surface area (TPSA) is 153 Å². The Morgan fingerprint density at radius 1 is 1.00 bits per heavy atom. The van der Waals surface area contributed by atoms with Crippen LogP contribution in [0.1, 0.15) is 47.5 Å². The van der Waals surface area contributed by atoms with Gasteiger partial charge in [0, 0.05) is 50.4 Å². The minimum absolute atomic E-state index is 0.0297. The molecule has 4 aromatic rings. The van der Waals surface area contributed by atoms with E-state index in [1.165, 1.54) is 63.1 Å². The number of anilines is 1. The summed E-state index contributed by atoms with van der Waals surface area (Å²) in [5.74, 6) is 0.260. The number of hydrogen-bond acceptors (Lipinski definition) is 12. The molecule has 13 nitrogen and oxygen atoms in total. The van der Waals surface area contributed by atoms with E-state index in [1.807, 2.05) is 12.1 Å². The molecule has 2 fully saturated rings. The van der Waals surface area contributed by atoms with Crippen LogP contribution >= 0.6 is 0 Å². The number of nitrogens with zero attached hydrogens (tertiary/aromatic N) is 6. The van der Waals surface area contributed by atoms with Gasteiger partial charge in [0.25, 0.3) is 15.9 Å². The van der Waals surface area contributed by atoms with Crippen LogP contribution in [0.2, 0.25) is 0 Å². The second-order valence-electron chi connectivity index (χ2n) is 13.0. The summed E-state index contributed by atoms with van der Waals surface area (Å²) in [5, 5.41) is 21.3. The van der Waals surface area contributed by atoms with Crippen molar-refractivity contribution in [3.05, 3.63) is 101 Å². The van der Waals surface area contributed by atoms with Gasteiger partial charge in [-0.2, -0.15) is 5.26 Å². The summed E-state index contributed by atoms with van der Waals surface area (Å²) in [5.41, 5.74) is 0.00122. The molecule has 4 heterocycles. The van der Waals surface area contributed by atoms with E-state index in [9.17, 15) is 18.8 Å². The second kappa shape index (κ2) is 13.7. The molecule has 266 valence electrons. The van der Waals surface area contributed by atoms with Crippen LogP contribution in [0.3, 0.4) is 0 Å². The highest BCUT2D eigenvalue weighted by Gasteiger charge is 2.63. The first-order valence-corrected chi connectivity index (χ1v) is 18.3. The van der Waals surface area contributed by atoms with E-state index in [1.54, 1.807) is 17.0 Å². The van der Waals surface area contributed by atoms with Crippen LogP contribution in [0.4, 0.5) is 5.69 Å². The van der Waals surface area contributed by atoms with Crippen LogP contribution in [0.15, 0.2) is 82.4 Å². The predicted octanol–water partition coefficient (Wildman–Crippen LogP) is 3.49. The van der Waals surface area contributed by atoms with Crippen molar-refractivity contribution in [3.63, 3.8) is 0 Å². The fourth-order valence-corrected chi connectivity index (χ4v) is 9.16. The molecule has 0 bridgehead atoms. The third kappa shape index (κ3) is 5.84. The van der Waals surface area contributed by atoms with E-state index in [0.29, 0.717) is 23.6 Å². The van der Waals surface area contributed by atoms with Crippen LogP contribution < -0.4 is 13.8 Å². The molecule has 1 amide bonds. The van der Waals surface area contributed by atoms with Gasteiger partial charge in [0.1, 0.15) is 17.8 Å². The van der Waals surface area contributed by atoms with Crippen molar-refractivity contribution < 1.29 is 32.2 Å².